The molecule has 0 aliphatic carbocycles. The Labute approximate surface area is 167 Å². The molecule has 7 nitrogen and oxygen atoms in total. The lowest BCUT2D eigenvalue weighted by Crippen LogP contribution is -2.21. The average Bonchev–Trinajstić information content (AvgIpc) is 3.19. The topological polar surface area (TPSA) is 89.0 Å². The van der Waals surface area contributed by atoms with E-state index in [1.54, 1.807) is 31.2 Å². The number of nitrogens with one attached hydrogen (secondary N) is 2. The van der Waals surface area contributed by atoms with Crippen LogP contribution in [0, 0.1) is 0 Å². The maximum absolute atomic E-state index is 12.3. The fourth-order valence-corrected chi connectivity index (χ4v) is 2.99. The predicted molar refractivity (Wildman–Crippen MR) is 110 cm³/mol. The van der Waals surface area contributed by atoms with Crippen molar-refractivity contribution in [1.29, 1.82) is 0 Å². The highest BCUT2D eigenvalue weighted by molar-refractivity contribution is 6.06. The third-order valence-electron chi connectivity index (χ3n) is 4.43. The van der Waals surface area contributed by atoms with Crippen molar-refractivity contribution < 1.29 is 19.1 Å². The normalized spacial score (nSPS) is 12.7. The summed E-state index contributed by atoms with van der Waals surface area (Å²) in [7, 11) is 0. The van der Waals surface area contributed by atoms with Gasteiger partial charge < -0.3 is 14.8 Å². The minimum atomic E-state index is -0.328. The second-order valence-corrected chi connectivity index (χ2v) is 6.64. The van der Waals surface area contributed by atoms with Crippen LogP contribution in [0.4, 0.5) is 5.69 Å². The molecule has 0 saturated carbocycles. The van der Waals surface area contributed by atoms with E-state index in [1.807, 2.05) is 36.4 Å². The summed E-state index contributed by atoms with van der Waals surface area (Å²) in [4.78, 5) is 24.5. The van der Waals surface area contributed by atoms with E-state index in [-0.39, 0.29) is 25.0 Å². The van der Waals surface area contributed by atoms with Crippen molar-refractivity contribution in [3.05, 3.63) is 66.2 Å². The van der Waals surface area contributed by atoms with Gasteiger partial charge in [-0.25, -0.2) is 5.43 Å². The Morgan fingerprint density at radius 2 is 1.76 bits per heavy atom. The first-order valence-corrected chi connectivity index (χ1v) is 9.10. The number of carbonyl (C=O) groups excluding carboxylic acids is 2. The van der Waals surface area contributed by atoms with Crippen molar-refractivity contribution in [2.45, 2.75) is 13.3 Å². The van der Waals surface area contributed by atoms with Crippen LogP contribution >= 0.6 is 0 Å². The SMILES string of the molecule is C/C(CC(=O)Nc1ccc2c(c1)OCO2)=N/NC(=O)c1ccc2ccccc2c1. The largest absolute Gasteiger partial charge is 0.454 e. The van der Waals surface area contributed by atoms with Crippen molar-refractivity contribution in [2.24, 2.45) is 5.10 Å². The van der Waals surface area contributed by atoms with Crippen LogP contribution < -0.4 is 20.2 Å². The molecule has 0 fully saturated rings. The quantitative estimate of drug-likeness (QED) is 0.514. The highest BCUT2D eigenvalue weighted by Gasteiger charge is 2.14. The maximum atomic E-state index is 12.3. The molecule has 1 aliphatic heterocycles. The number of anilines is 1. The summed E-state index contributed by atoms with van der Waals surface area (Å²) in [5.41, 5.74) is 4.09. The Morgan fingerprint density at radius 1 is 0.966 bits per heavy atom. The number of rotatable bonds is 5. The van der Waals surface area contributed by atoms with Crippen molar-refractivity contribution >= 4 is 34.0 Å². The van der Waals surface area contributed by atoms with Crippen molar-refractivity contribution in [3.63, 3.8) is 0 Å². The highest BCUT2D eigenvalue weighted by Crippen LogP contribution is 2.34. The molecule has 29 heavy (non-hydrogen) atoms. The lowest BCUT2D eigenvalue weighted by Gasteiger charge is -2.07. The Morgan fingerprint density at radius 3 is 2.62 bits per heavy atom. The second kappa shape index (κ2) is 8.02. The summed E-state index contributed by atoms with van der Waals surface area (Å²) in [6.45, 7) is 1.86. The van der Waals surface area contributed by atoms with Crippen molar-refractivity contribution in [2.75, 3.05) is 12.1 Å². The zero-order valence-corrected chi connectivity index (χ0v) is 15.8. The number of benzene rings is 3. The van der Waals surface area contributed by atoms with Crippen LogP contribution in [0.2, 0.25) is 0 Å². The Balaban J connectivity index is 1.34. The first-order chi connectivity index (χ1) is 14.1. The van der Waals surface area contributed by atoms with Gasteiger partial charge in [0.25, 0.3) is 5.91 Å². The molecule has 146 valence electrons. The zero-order chi connectivity index (χ0) is 20.2. The summed E-state index contributed by atoms with van der Waals surface area (Å²) >= 11 is 0. The maximum Gasteiger partial charge on any atom is 0.271 e. The molecular formula is C22H19N3O4. The fraction of sp³-hybridized carbons (Fsp3) is 0.136. The summed E-state index contributed by atoms with van der Waals surface area (Å²) < 4.78 is 10.5. The van der Waals surface area contributed by atoms with Crippen molar-refractivity contribution in [3.8, 4) is 11.5 Å². The average molecular weight is 389 g/mol. The van der Waals surface area contributed by atoms with E-state index >= 15 is 0 Å². The summed E-state index contributed by atoms with van der Waals surface area (Å²) in [5, 5.41) is 8.84. The van der Waals surface area contributed by atoms with Crippen LogP contribution in [0.15, 0.2) is 65.8 Å². The highest BCUT2D eigenvalue weighted by atomic mass is 16.7. The Hall–Kier alpha value is -3.87. The van der Waals surface area contributed by atoms with Gasteiger partial charge in [-0.2, -0.15) is 5.10 Å². The van der Waals surface area contributed by atoms with Crippen LogP contribution in [0.1, 0.15) is 23.7 Å². The van der Waals surface area contributed by atoms with Crippen LogP contribution in [0.25, 0.3) is 10.8 Å². The van der Waals surface area contributed by atoms with Gasteiger partial charge in [-0.15, -0.1) is 0 Å². The van der Waals surface area contributed by atoms with E-state index in [2.05, 4.69) is 15.8 Å². The molecule has 2 N–H and O–H groups in total. The summed E-state index contributed by atoms with van der Waals surface area (Å²) in [6.07, 6.45) is 0.0481. The van der Waals surface area contributed by atoms with Gasteiger partial charge in [0, 0.05) is 23.0 Å². The van der Waals surface area contributed by atoms with Crippen molar-refractivity contribution in [1.82, 2.24) is 5.43 Å². The lowest BCUT2D eigenvalue weighted by atomic mass is 10.1. The molecule has 0 unspecified atom stereocenters. The van der Waals surface area contributed by atoms with E-state index in [1.165, 1.54) is 0 Å². The van der Waals surface area contributed by atoms with E-state index < -0.39 is 0 Å². The van der Waals surface area contributed by atoms with E-state index in [9.17, 15) is 9.59 Å². The van der Waals surface area contributed by atoms with E-state index in [0.29, 0.717) is 28.5 Å². The van der Waals surface area contributed by atoms with Gasteiger partial charge in [-0.3, -0.25) is 9.59 Å². The Bertz CT molecular complexity index is 1120. The molecule has 3 aromatic rings. The smallest absolute Gasteiger partial charge is 0.271 e. The molecule has 0 aromatic heterocycles. The lowest BCUT2D eigenvalue weighted by molar-refractivity contribution is -0.115. The number of carbonyl (C=O) groups is 2. The molecule has 3 aromatic carbocycles. The predicted octanol–water partition coefficient (Wildman–Crippen LogP) is 3.70. The molecule has 4 rings (SSSR count). The first-order valence-electron chi connectivity index (χ1n) is 9.10. The molecule has 1 aliphatic rings. The third kappa shape index (κ3) is 4.35. The number of hydrazone groups is 1. The number of nitrogens with zero attached hydrogens (tertiary/aromatic N) is 1. The standard InChI is InChI=1S/C22H19N3O4/c1-14(10-21(26)23-18-8-9-19-20(12-18)29-13-28-19)24-25-22(27)17-7-6-15-4-2-3-5-16(15)11-17/h2-9,11-12H,10,13H2,1H3,(H,23,26)(H,25,27)/b24-14-. The number of hydrogen-bond acceptors (Lipinski definition) is 5. The molecule has 0 spiro atoms. The molecule has 7 heteroatoms. The monoisotopic (exact) mass is 389 g/mol. The van der Waals surface area contributed by atoms with Gasteiger partial charge in [0.15, 0.2) is 11.5 Å². The number of fused-ring (bicyclic) bond motifs is 2. The number of hydrogen-bond donors (Lipinski definition) is 2. The van der Waals surface area contributed by atoms with E-state index in [4.69, 9.17) is 9.47 Å². The summed E-state index contributed by atoms with van der Waals surface area (Å²) in [6, 6.07) is 18.4. The molecule has 1 heterocycles. The van der Waals surface area contributed by atoms with Gasteiger partial charge in [0.2, 0.25) is 12.7 Å². The molecule has 0 bridgehead atoms. The second-order valence-electron chi connectivity index (χ2n) is 6.64. The van der Waals surface area contributed by atoms with Gasteiger partial charge in [0.1, 0.15) is 0 Å². The zero-order valence-electron chi connectivity index (χ0n) is 15.8. The molecule has 0 saturated heterocycles. The number of ether oxygens (including phenoxy) is 2. The Kier molecular flexibility index (Phi) is 5.11. The van der Waals surface area contributed by atoms with Gasteiger partial charge in [-0.05, 0) is 42.0 Å². The molecule has 0 atom stereocenters. The number of amides is 2. The van der Waals surface area contributed by atoms with E-state index in [0.717, 1.165) is 10.8 Å². The minimum absolute atomic E-state index is 0.0481. The molecule has 2 amide bonds. The van der Waals surface area contributed by atoms with Crippen LogP contribution in [-0.2, 0) is 4.79 Å². The van der Waals surface area contributed by atoms with Gasteiger partial charge in [0.05, 0.1) is 6.42 Å². The van der Waals surface area contributed by atoms with Gasteiger partial charge >= 0.3 is 0 Å². The third-order valence-corrected chi connectivity index (χ3v) is 4.43. The van der Waals surface area contributed by atoms with Crippen LogP contribution in [0.3, 0.4) is 0 Å². The van der Waals surface area contributed by atoms with Gasteiger partial charge in [-0.1, -0.05) is 30.3 Å². The molecule has 0 radical (unpaired) electrons. The van der Waals surface area contributed by atoms with Crippen LogP contribution in [-0.4, -0.2) is 24.3 Å². The molecular weight excluding hydrogens is 370 g/mol. The fourth-order valence-electron chi connectivity index (χ4n) is 2.99. The first kappa shape index (κ1) is 18.5. The van der Waals surface area contributed by atoms with Crippen LogP contribution in [0.5, 0.6) is 11.5 Å². The minimum Gasteiger partial charge on any atom is -0.454 e. The summed E-state index contributed by atoms with van der Waals surface area (Å²) in [5.74, 6) is 0.671.